The molecule has 1 aliphatic carbocycles. The van der Waals surface area contributed by atoms with Gasteiger partial charge in [0.25, 0.3) is 0 Å². The molecule has 1 fully saturated rings. The van der Waals surface area contributed by atoms with E-state index in [1.165, 1.54) is 37.8 Å². The van der Waals surface area contributed by atoms with Crippen molar-refractivity contribution in [1.29, 1.82) is 0 Å². The van der Waals surface area contributed by atoms with Crippen LogP contribution in [0.25, 0.3) is 0 Å². The number of aromatic carboxylic acids is 1. The monoisotopic (exact) mass is 251 g/mol. The van der Waals surface area contributed by atoms with Gasteiger partial charge < -0.3 is 10.4 Å². The van der Waals surface area contributed by atoms with Gasteiger partial charge in [-0.25, -0.2) is 9.18 Å². The van der Waals surface area contributed by atoms with E-state index in [0.717, 1.165) is 18.9 Å². The topological polar surface area (TPSA) is 49.3 Å². The van der Waals surface area contributed by atoms with Crippen LogP contribution in [0, 0.1) is 11.7 Å². The molecule has 0 radical (unpaired) electrons. The van der Waals surface area contributed by atoms with Gasteiger partial charge in [-0.1, -0.05) is 25.7 Å². The van der Waals surface area contributed by atoms with E-state index < -0.39 is 11.8 Å². The Hall–Kier alpha value is -1.58. The summed E-state index contributed by atoms with van der Waals surface area (Å²) in [5.74, 6) is -1.13. The minimum atomic E-state index is -1.23. The molecule has 0 atom stereocenters. The highest BCUT2D eigenvalue weighted by Gasteiger charge is 2.14. The lowest BCUT2D eigenvalue weighted by molar-refractivity contribution is 0.0692. The highest BCUT2D eigenvalue weighted by Crippen LogP contribution is 2.27. The van der Waals surface area contributed by atoms with Crippen molar-refractivity contribution in [3.05, 3.63) is 29.6 Å². The summed E-state index contributed by atoms with van der Waals surface area (Å²) < 4.78 is 13.4. The molecule has 1 aromatic rings. The predicted octanol–water partition coefficient (Wildman–Crippen LogP) is 3.52. The summed E-state index contributed by atoms with van der Waals surface area (Å²) in [6.07, 6.45) is 6.35. The molecule has 1 aliphatic rings. The van der Waals surface area contributed by atoms with E-state index in [1.807, 2.05) is 0 Å². The zero-order valence-corrected chi connectivity index (χ0v) is 10.3. The van der Waals surface area contributed by atoms with Crippen molar-refractivity contribution in [2.24, 2.45) is 5.92 Å². The molecular formula is C14H18FNO2. The first-order valence-electron chi connectivity index (χ1n) is 6.43. The number of rotatable bonds is 5. The molecule has 0 bridgehead atoms. The standard InChI is InChI=1S/C14H18FNO2/c15-13-9-11(5-6-12(13)14(17)18)16-8-7-10-3-1-2-4-10/h5-6,9-10,16H,1-4,7-8H2,(H,17,18). The molecule has 0 aliphatic heterocycles. The van der Waals surface area contributed by atoms with Crippen molar-refractivity contribution in [3.8, 4) is 0 Å². The maximum Gasteiger partial charge on any atom is 0.338 e. The molecule has 98 valence electrons. The third-order valence-corrected chi connectivity index (χ3v) is 3.56. The second-order valence-electron chi connectivity index (χ2n) is 4.87. The Morgan fingerprint density at radius 1 is 1.39 bits per heavy atom. The van der Waals surface area contributed by atoms with Crippen molar-refractivity contribution >= 4 is 11.7 Å². The van der Waals surface area contributed by atoms with Gasteiger partial charge in [0, 0.05) is 12.2 Å². The van der Waals surface area contributed by atoms with Crippen LogP contribution in [-0.2, 0) is 0 Å². The fourth-order valence-electron chi connectivity index (χ4n) is 2.52. The summed E-state index contributed by atoms with van der Waals surface area (Å²) in [6.45, 7) is 0.816. The molecule has 3 nitrogen and oxygen atoms in total. The van der Waals surface area contributed by atoms with Crippen LogP contribution in [0.15, 0.2) is 18.2 Å². The lowest BCUT2D eigenvalue weighted by Gasteiger charge is -2.11. The summed E-state index contributed by atoms with van der Waals surface area (Å²) in [4.78, 5) is 10.7. The number of halogens is 1. The summed E-state index contributed by atoms with van der Waals surface area (Å²) in [5.41, 5.74) is 0.367. The van der Waals surface area contributed by atoms with Crippen LogP contribution in [0.5, 0.6) is 0 Å². The molecule has 2 rings (SSSR count). The molecule has 2 N–H and O–H groups in total. The van der Waals surface area contributed by atoms with Crippen LogP contribution >= 0.6 is 0 Å². The number of benzene rings is 1. The molecule has 0 spiro atoms. The number of hydrogen-bond donors (Lipinski definition) is 2. The zero-order valence-electron chi connectivity index (χ0n) is 10.3. The third-order valence-electron chi connectivity index (χ3n) is 3.56. The molecule has 0 saturated heterocycles. The minimum Gasteiger partial charge on any atom is -0.478 e. The fourth-order valence-corrected chi connectivity index (χ4v) is 2.52. The van der Waals surface area contributed by atoms with E-state index in [-0.39, 0.29) is 5.56 Å². The van der Waals surface area contributed by atoms with Gasteiger partial charge in [0.05, 0.1) is 5.56 Å². The SMILES string of the molecule is O=C(O)c1ccc(NCCC2CCCC2)cc1F. The van der Waals surface area contributed by atoms with Gasteiger partial charge in [-0.3, -0.25) is 0 Å². The average Bonchev–Trinajstić information content (AvgIpc) is 2.81. The van der Waals surface area contributed by atoms with Gasteiger partial charge in [0.15, 0.2) is 0 Å². The lowest BCUT2D eigenvalue weighted by atomic mass is 10.0. The molecule has 0 amide bonds. The molecular weight excluding hydrogens is 233 g/mol. The van der Waals surface area contributed by atoms with E-state index in [1.54, 1.807) is 6.07 Å². The van der Waals surface area contributed by atoms with Gasteiger partial charge in [0.1, 0.15) is 5.82 Å². The number of carboxylic acid groups (broad SMARTS) is 1. The molecule has 0 heterocycles. The summed E-state index contributed by atoms with van der Waals surface area (Å²) in [6, 6.07) is 4.16. The number of anilines is 1. The van der Waals surface area contributed by atoms with Gasteiger partial charge in [-0.2, -0.15) is 0 Å². The zero-order chi connectivity index (χ0) is 13.0. The van der Waals surface area contributed by atoms with Crippen LogP contribution in [0.2, 0.25) is 0 Å². The number of carbonyl (C=O) groups is 1. The van der Waals surface area contributed by atoms with E-state index in [0.29, 0.717) is 5.69 Å². The Labute approximate surface area is 106 Å². The van der Waals surface area contributed by atoms with Crippen molar-refractivity contribution < 1.29 is 14.3 Å². The van der Waals surface area contributed by atoms with Gasteiger partial charge in [0.2, 0.25) is 0 Å². The number of nitrogens with one attached hydrogen (secondary N) is 1. The van der Waals surface area contributed by atoms with Gasteiger partial charge in [-0.05, 0) is 30.5 Å². The molecule has 0 unspecified atom stereocenters. The fraction of sp³-hybridized carbons (Fsp3) is 0.500. The quantitative estimate of drug-likeness (QED) is 0.841. The number of carboxylic acids is 1. The van der Waals surface area contributed by atoms with Crippen LogP contribution in [0.4, 0.5) is 10.1 Å². The maximum atomic E-state index is 13.4. The van der Waals surface area contributed by atoms with E-state index >= 15 is 0 Å². The Morgan fingerprint density at radius 3 is 2.72 bits per heavy atom. The first-order chi connectivity index (χ1) is 8.66. The second kappa shape index (κ2) is 5.85. The smallest absolute Gasteiger partial charge is 0.338 e. The average molecular weight is 251 g/mol. The molecule has 1 saturated carbocycles. The van der Waals surface area contributed by atoms with E-state index in [2.05, 4.69) is 5.32 Å². The predicted molar refractivity (Wildman–Crippen MR) is 68.4 cm³/mol. The van der Waals surface area contributed by atoms with Crippen LogP contribution < -0.4 is 5.32 Å². The van der Waals surface area contributed by atoms with Gasteiger partial charge >= 0.3 is 5.97 Å². The van der Waals surface area contributed by atoms with Crippen molar-refractivity contribution in [2.45, 2.75) is 32.1 Å². The largest absolute Gasteiger partial charge is 0.478 e. The maximum absolute atomic E-state index is 13.4. The summed E-state index contributed by atoms with van der Waals surface area (Å²) in [7, 11) is 0. The van der Waals surface area contributed by atoms with Crippen LogP contribution in [-0.4, -0.2) is 17.6 Å². The molecule has 4 heteroatoms. The third kappa shape index (κ3) is 3.22. The highest BCUT2D eigenvalue weighted by atomic mass is 19.1. The Bertz CT molecular complexity index is 428. The summed E-state index contributed by atoms with van der Waals surface area (Å²) in [5, 5.41) is 11.9. The molecule has 18 heavy (non-hydrogen) atoms. The first-order valence-corrected chi connectivity index (χ1v) is 6.43. The minimum absolute atomic E-state index is 0.281. The second-order valence-corrected chi connectivity index (χ2v) is 4.87. The van der Waals surface area contributed by atoms with E-state index in [9.17, 15) is 9.18 Å². The summed E-state index contributed by atoms with van der Waals surface area (Å²) >= 11 is 0. The van der Waals surface area contributed by atoms with Crippen LogP contribution in [0.1, 0.15) is 42.5 Å². The number of hydrogen-bond acceptors (Lipinski definition) is 2. The Balaban J connectivity index is 1.85. The Kier molecular flexibility index (Phi) is 4.18. The molecule has 1 aromatic carbocycles. The van der Waals surface area contributed by atoms with Crippen molar-refractivity contribution in [1.82, 2.24) is 0 Å². The molecule has 0 aromatic heterocycles. The van der Waals surface area contributed by atoms with E-state index in [4.69, 9.17) is 5.11 Å². The van der Waals surface area contributed by atoms with Crippen molar-refractivity contribution in [2.75, 3.05) is 11.9 Å². The highest BCUT2D eigenvalue weighted by molar-refractivity contribution is 5.88. The van der Waals surface area contributed by atoms with Crippen molar-refractivity contribution in [3.63, 3.8) is 0 Å². The first kappa shape index (κ1) is 12.9. The van der Waals surface area contributed by atoms with Gasteiger partial charge in [-0.15, -0.1) is 0 Å². The lowest BCUT2D eigenvalue weighted by Crippen LogP contribution is -2.08. The normalized spacial score (nSPS) is 15.8. The Morgan fingerprint density at radius 2 is 2.11 bits per heavy atom. The van der Waals surface area contributed by atoms with Crippen LogP contribution in [0.3, 0.4) is 0 Å².